The van der Waals surface area contributed by atoms with Gasteiger partial charge in [0.15, 0.2) is 0 Å². The molecule has 0 amide bonds. The Labute approximate surface area is 137 Å². The Hall–Kier alpha value is -2.74. The van der Waals surface area contributed by atoms with Crippen molar-refractivity contribution in [3.63, 3.8) is 0 Å². The van der Waals surface area contributed by atoms with Gasteiger partial charge in [-0.05, 0) is 30.0 Å². The van der Waals surface area contributed by atoms with Crippen LogP contribution < -0.4 is 4.90 Å². The van der Waals surface area contributed by atoms with Gasteiger partial charge in [-0.3, -0.25) is 0 Å². The molecule has 2 aromatic carbocycles. The van der Waals surface area contributed by atoms with Crippen molar-refractivity contribution < 1.29 is 0 Å². The van der Waals surface area contributed by atoms with E-state index < -0.39 is 0 Å². The zero-order valence-electron chi connectivity index (χ0n) is 13.5. The topological polar surface area (TPSA) is 8.17 Å². The molecule has 0 saturated heterocycles. The molecule has 0 spiro atoms. The minimum Gasteiger partial charge on any atom is -0.349 e. The van der Waals surface area contributed by atoms with Gasteiger partial charge in [-0.25, -0.2) is 0 Å². The number of hydrogen-bond donors (Lipinski definition) is 0. The third-order valence-corrected chi connectivity index (χ3v) is 4.59. The van der Waals surface area contributed by atoms with E-state index in [1.165, 1.54) is 33.3 Å². The van der Waals surface area contributed by atoms with E-state index in [2.05, 4.69) is 96.5 Å². The molecule has 0 radical (unpaired) electrons. The highest BCUT2D eigenvalue weighted by Crippen LogP contribution is 2.36. The van der Waals surface area contributed by atoms with E-state index in [-0.39, 0.29) is 0 Å². The van der Waals surface area contributed by atoms with Crippen LogP contribution in [0.25, 0.3) is 22.0 Å². The minimum absolute atomic E-state index is 0.925. The van der Waals surface area contributed by atoms with Crippen LogP contribution in [0.4, 0.5) is 5.69 Å². The Morgan fingerprint density at radius 1 is 0.957 bits per heavy atom. The van der Waals surface area contributed by atoms with Gasteiger partial charge in [0.2, 0.25) is 0 Å². The summed E-state index contributed by atoms with van der Waals surface area (Å²) in [7, 11) is 2.13. The summed E-state index contributed by atoms with van der Waals surface area (Å²) < 4.78 is 2.24. The van der Waals surface area contributed by atoms with Gasteiger partial charge in [0, 0.05) is 42.6 Å². The molecule has 1 aliphatic heterocycles. The maximum Gasteiger partial charge on any atom is 0.0560 e. The van der Waals surface area contributed by atoms with Crippen LogP contribution in [-0.4, -0.2) is 11.1 Å². The lowest BCUT2D eigenvalue weighted by Crippen LogP contribution is -2.18. The smallest absolute Gasteiger partial charge is 0.0560 e. The van der Waals surface area contributed by atoms with Crippen LogP contribution in [0.1, 0.15) is 5.56 Å². The molecule has 4 rings (SSSR count). The van der Waals surface area contributed by atoms with E-state index in [1.807, 2.05) is 0 Å². The average molecular weight is 300 g/mol. The van der Waals surface area contributed by atoms with Crippen LogP contribution in [0.5, 0.6) is 0 Å². The fourth-order valence-corrected chi connectivity index (χ4v) is 3.46. The highest BCUT2D eigenvalue weighted by atomic mass is 15.1. The molecule has 0 saturated carbocycles. The molecule has 0 atom stereocenters. The number of hydrogen-bond acceptors (Lipinski definition) is 1. The summed E-state index contributed by atoms with van der Waals surface area (Å²) in [6.07, 6.45) is 10.7. The van der Waals surface area contributed by atoms with Crippen LogP contribution in [0.3, 0.4) is 0 Å². The van der Waals surface area contributed by atoms with Gasteiger partial charge in [-0.1, -0.05) is 48.6 Å². The van der Waals surface area contributed by atoms with Crippen molar-refractivity contribution in [3.8, 4) is 11.3 Å². The Morgan fingerprint density at radius 2 is 1.83 bits per heavy atom. The van der Waals surface area contributed by atoms with E-state index in [4.69, 9.17) is 0 Å². The second kappa shape index (κ2) is 5.47. The van der Waals surface area contributed by atoms with Crippen LogP contribution in [0, 0.1) is 6.92 Å². The molecule has 2 nitrogen and oxygen atoms in total. The third kappa shape index (κ3) is 2.27. The Bertz CT molecular complexity index is 928. The maximum absolute atomic E-state index is 2.30. The van der Waals surface area contributed by atoms with Crippen molar-refractivity contribution in [2.45, 2.75) is 6.92 Å². The van der Waals surface area contributed by atoms with Crippen molar-refractivity contribution in [2.75, 3.05) is 11.4 Å². The molecule has 114 valence electrons. The quantitative estimate of drug-likeness (QED) is 0.643. The van der Waals surface area contributed by atoms with Gasteiger partial charge in [-0.2, -0.15) is 0 Å². The number of benzene rings is 2. The van der Waals surface area contributed by atoms with Gasteiger partial charge in [0.05, 0.1) is 5.69 Å². The molecular weight excluding hydrogens is 280 g/mol. The van der Waals surface area contributed by atoms with Crippen molar-refractivity contribution in [1.29, 1.82) is 0 Å². The first-order valence-electron chi connectivity index (χ1n) is 8.00. The summed E-state index contributed by atoms with van der Waals surface area (Å²) in [4.78, 5) is 2.30. The van der Waals surface area contributed by atoms with Crippen LogP contribution >= 0.6 is 0 Å². The molecule has 1 aromatic heterocycles. The molecule has 23 heavy (non-hydrogen) atoms. The third-order valence-electron chi connectivity index (χ3n) is 4.59. The van der Waals surface area contributed by atoms with Gasteiger partial charge in [0.1, 0.15) is 0 Å². The fraction of sp³-hybridized carbons (Fsp3) is 0.143. The maximum atomic E-state index is 2.30. The lowest BCUT2D eigenvalue weighted by Gasteiger charge is -2.24. The summed E-state index contributed by atoms with van der Waals surface area (Å²) in [6.45, 7) is 3.15. The molecule has 0 fully saturated rings. The van der Waals surface area contributed by atoms with E-state index in [0.717, 1.165) is 6.54 Å². The number of aryl methyl sites for hydroxylation is 1. The Balaban J connectivity index is 1.90. The van der Waals surface area contributed by atoms with E-state index in [0.29, 0.717) is 0 Å². The monoisotopic (exact) mass is 300 g/mol. The predicted molar refractivity (Wildman–Crippen MR) is 98.7 cm³/mol. The van der Waals surface area contributed by atoms with Crippen molar-refractivity contribution >= 4 is 16.5 Å². The number of allylic oxidation sites excluding steroid dienone is 2. The van der Waals surface area contributed by atoms with Crippen molar-refractivity contribution in [2.24, 2.45) is 7.05 Å². The lowest BCUT2D eigenvalue weighted by atomic mass is 10.00. The molecular formula is C21H20N2. The van der Waals surface area contributed by atoms with E-state index >= 15 is 0 Å². The summed E-state index contributed by atoms with van der Waals surface area (Å²) in [5.74, 6) is 0. The summed E-state index contributed by atoms with van der Waals surface area (Å²) in [6, 6.07) is 15.2. The number of fused-ring (bicyclic) bond motifs is 1. The Morgan fingerprint density at radius 3 is 2.65 bits per heavy atom. The number of anilines is 1. The first kappa shape index (κ1) is 13.9. The molecule has 1 aliphatic rings. The highest BCUT2D eigenvalue weighted by molar-refractivity contribution is 5.97. The minimum atomic E-state index is 0.925. The molecule has 2 heterocycles. The molecule has 2 heteroatoms. The zero-order chi connectivity index (χ0) is 15.8. The zero-order valence-corrected chi connectivity index (χ0v) is 13.5. The molecule has 0 unspecified atom stereocenters. The molecule has 3 aromatic rings. The largest absolute Gasteiger partial charge is 0.349 e. The first-order valence-corrected chi connectivity index (χ1v) is 8.00. The average Bonchev–Trinajstić information content (AvgIpc) is 2.92. The van der Waals surface area contributed by atoms with Gasteiger partial charge in [-0.15, -0.1) is 0 Å². The SMILES string of the molecule is Cc1c(-c2c3ccccc3cn2C)cccc1N1C=CC=CC1. The Kier molecular flexibility index (Phi) is 3.30. The summed E-state index contributed by atoms with van der Waals surface area (Å²) in [5.41, 5.74) is 5.18. The second-order valence-corrected chi connectivity index (χ2v) is 6.05. The van der Waals surface area contributed by atoms with Gasteiger partial charge < -0.3 is 9.47 Å². The van der Waals surface area contributed by atoms with Crippen LogP contribution in [0.15, 0.2) is 73.1 Å². The van der Waals surface area contributed by atoms with E-state index in [9.17, 15) is 0 Å². The standard InChI is InChI=1S/C21H20N2/c1-16-18(11-8-12-20(16)23-13-6-3-7-14-23)21-19-10-5-4-9-17(19)15-22(21)2/h3-13,15H,14H2,1-2H3. The normalized spacial score (nSPS) is 13.9. The van der Waals surface area contributed by atoms with E-state index in [1.54, 1.807) is 0 Å². The second-order valence-electron chi connectivity index (χ2n) is 6.05. The molecule has 0 bridgehead atoms. The highest BCUT2D eigenvalue weighted by Gasteiger charge is 2.15. The number of nitrogens with zero attached hydrogens (tertiary/aromatic N) is 2. The predicted octanol–water partition coefficient (Wildman–Crippen LogP) is 5.04. The number of aromatic nitrogens is 1. The van der Waals surface area contributed by atoms with Crippen LogP contribution in [0.2, 0.25) is 0 Å². The number of rotatable bonds is 2. The summed E-state index contributed by atoms with van der Waals surface area (Å²) in [5, 5.41) is 2.60. The first-order chi connectivity index (χ1) is 11.3. The van der Waals surface area contributed by atoms with Crippen molar-refractivity contribution in [3.05, 3.63) is 78.7 Å². The van der Waals surface area contributed by atoms with Gasteiger partial charge in [0.25, 0.3) is 0 Å². The van der Waals surface area contributed by atoms with Crippen molar-refractivity contribution in [1.82, 2.24) is 4.57 Å². The van der Waals surface area contributed by atoms with Crippen LogP contribution in [-0.2, 0) is 7.05 Å². The summed E-state index contributed by atoms with van der Waals surface area (Å²) >= 11 is 0. The lowest BCUT2D eigenvalue weighted by molar-refractivity contribution is 0.940. The molecule has 0 N–H and O–H groups in total. The molecule has 0 aliphatic carbocycles. The fourth-order valence-electron chi connectivity index (χ4n) is 3.46. The van der Waals surface area contributed by atoms with Gasteiger partial charge >= 0.3 is 0 Å².